The Balaban J connectivity index is 1.89. The Morgan fingerprint density at radius 1 is 1.44 bits per heavy atom. The van der Waals surface area contributed by atoms with Crippen molar-refractivity contribution in [2.24, 2.45) is 5.73 Å². The summed E-state index contributed by atoms with van der Waals surface area (Å²) in [6, 6.07) is 4.49. The predicted octanol–water partition coefficient (Wildman–Crippen LogP) is 2.01. The second-order valence-corrected chi connectivity index (χ2v) is 5.65. The lowest BCUT2D eigenvalue weighted by Gasteiger charge is -1.96. The fraction of sp³-hybridized carbons (Fsp3) is 0.333. The minimum Gasteiger partial charge on any atom is -0.408 e. The molecular formula is C9H11BrN4OS. The van der Waals surface area contributed by atoms with E-state index in [1.165, 1.54) is 4.88 Å². The molecule has 0 unspecified atom stereocenters. The summed E-state index contributed by atoms with van der Waals surface area (Å²) in [7, 11) is 0. The quantitative estimate of drug-likeness (QED) is 0.883. The number of hydrogen-bond donors (Lipinski definition) is 2. The molecule has 0 aliphatic carbocycles. The molecule has 0 aliphatic heterocycles. The largest absolute Gasteiger partial charge is 0.408 e. The van der Waals surface area contributed by atoms with Crippen LogP contribution >= 0.6 is 27.3 Å². The molecule has 2 rings (SSSR count). The molecule has 0 atom stereocenters. The predicted molar refractivity (Wildman–Crippen MR) is 66.4 cm³/mol. The highest BCUT2D eigenvalue weighted by atomic mass is 79.9. The monoisotopic (exact) mass is 302 g/mol. The normalized spacial score (nSPS) is 10.6. The molecule has 0 aliphatic rings. The van der Waals surface area contributed by atoms with Gasteiger partial charge in [-0.2, -0.15) is 0 Å². The third-order valence-corrected chi connectivity index (χ3v) is 3.49. The number of halogens is 1. The second-order valence-electron chi connectivity index (χ2n) is 3.10. The van der Waals surface area contributed by atoms with Gasteiger partial charge < -0.3 is 15.5 Å². The maximum absolute atomic E-state index is 5.39. The summed E-state index contributed by atoms with van der Waals surface area (Å²) in [5.74, 6) is 0.567. The van der Waals surface area contributed by atoms with Gasteiger partial charge in [0.2, 0.25) is 5.89 Å². The first-order valence-electron chi connectivity index (χ1n) is 4.78. The number of anilines is 1. The summed E-state index contributed by atoms with van der Waals surface area (Å²) in [6.45, 7) is 1.19. The molecule has 0 spiro atoms. The standard InChI is InChI=1S/C9H11BrN4OS/c10-7-2-1-6(16-7)5-12-9-14-13-8(15-9)3-4-11/h1-2H,3-5,11H2,(H,12,14). The molecular weight excluding hydrogens is 292 g/mol. The van der Waals surface area contributed by atoms with E-state index in [4.69, 9.17) is 10.2 Å². The van der Waals surface area contributed by atoms with Gasteiger partial charge >= 0.3 is 6.01 Å². The highest BCUT2D eigenvalue weighted by molar-refractivity contribution is 9.11. The van der Waals surface area contributed by atoms with E-state index in [0.717, 1.165) is 3.79 Å². The van der Waals surface area contributed by atoms with Gasteiger partial charge in [-0.1, -0.05) is 5.10 Å². The van der Waals surface area contributed by atoms with Crippen LogP contribution in [0.2, 0.25) is 0 Å². The number of nitrogens with zero attached hydrogens (tertiary/aromatic N) is 2. The molecule has 2 aromatic rings. The number of hydrogen-bond acceptors (Lipinski definition) is 6. The zero-order valence-corrected chi connectivity index (χ0v) is 10.8. The third-order valence-electron chi connectivity index (χ3n) is 1.87. The van der Waals surface area contributed by atoms with Crippen molar-refractivity contribution in [3.05, 3.63) is 26.7 Å². The van der Waals surface area contributed by atoms with Crippen molar-refractivity contribution in [1.29, 1.82) is 0 Å². The number of nitrogens with two attached hydrogens (primary N) is 1. The van der Waals surface area contributed by atoms with E-state index in [-0.39, 0.29) is 0 Å². The van der Waals surface area contributed by atoms with Crippen LogP contribution in [0.5, 0.6) is 0 Å². The smallest absolute Gasteiger partial charge is 0.315 e. The Kier molecular flexibility index (Phi) is 3.92. The fourth-order valence-electron chi connectivity index (χ4n) is 1.16. The van der Waals surface area contributed by atoms with Gasteiger partial charge in [-0.05, 0) is 28.1 Å². The summed E-state index contributed by atoms with van der Waals surface area (Å²) in [5, 5.41) is 10.8. The van der Waals surface area contributed by atoms with Crippen molar-refractivity contribution in [3.63, 3.8) is 0 Å². The third kappa shape index (κ3) is 3.03. The average molecular weight is 303 g/mol. The van der Waals surface area contributed by atoms with Crippen molar-refractivity contribution in [3.8, 4) is 0 Å². The van der Waals surface area contributed by atoms with Gasteiger partial charge in [0.25, 0.3) is 0 Å². The molecule has 0 saturated heterocycles. The van der Waals surface area contributed by atoms with Crippen molar-refractivity contribution < 1.29 is 4.42 Å². The maximum atomic E-state index is 5.39. The Hall–Kier alpha value is -0.920. The molecule has 0 amide bonds. The summed E-state index contributed by atoms with van der Waals surface area (Å²) < 4.78 is 6.44. The molecule has 2 aromatic heterocycles. The molecule has 7 heteroatoms. The van der Waals surface area contributed by atoms with E-state index in [1.54, 1.807) is 11.3 Å². The maximum Gasteiger partial charge on any atom is 0.315 e. The van der Waals surface area contributed by atoms with E-state index in [0.29, 0.717) is 31.4 Å². The second kappa shape index (κ2) is 5.42. The van der Waals surface area contributed by atoms with Gasteiger partial charge in [0, 0.05) is 17.8 Å². The topological polar surface area (TPSA) is 77.0 Å². The van der Waals surface area contributed by atoms with Crippen molar-refractivity contribution in [2.75, 3.05) is 11.9 Å². The molecule has 5 nitrogen and oxygen atoms in total. The van der Waals surface area contributed by atoms with E-state index >= 15 is 0 Å². The molecule has 86 valence electrons. The lowest BCUT2D eigenvalue weighted by molar-refractivity contribution is 0.506. The van der Waals surface area contributed by atoms with Gasteiger partial charge in [0.05, 0.1) is 10.3 Å². The Labute approximate surface area is 105 Å². The Morgan fingerprint density at radius 3 is 3.00 bits per heavy atom. The molecule has 0 fully saturated rings. The first kappa shape index (κ1) is 11.6. The minimum atomic E-state index is 0.438. The molecule has 0 aromatic carbocycles. The van der Waals surface area contributed by atoms with Crippen LogP contribution in [0.25, 0.3) is 0 Å². The number of aromatic nitrogens is 2. The van der Waals surface area contributed by atoms with E-state index < -0.39 is 0 Å². The van der Waals surface area contributed by atoms with E-state index in [1.807, 2.05) is 12.1 Å². The van der Waals surface area contributed by atoms with Crippen LogP contribution in [-0.2, 0) is 13.0 Å². The fourth-order valence-corrected chi connectivity index (χ4v) is 2.58. The van der Waals surface area contributed by atoms with Gasteiger partial charge in [0.1, 0.15) is 0 Å². The lowest BCUT2D eigenvalue weighted by Crippen LogP contribution is -2.02. The van der Waals surface area contributed by atoms with Crippen LogP contribution in [0.1, 0.15) is 10.8 Å². The first-order chi connectivity index (χ1) is 7.78. The van der Waals surface area contributed by atoms with Crippen LogP contribution in [0.15, 0.2) is 20.3 Å². The molecule has 16 heavy (non-hydrogen) atoms. The van der Waals surface area contributed by atoms with Gasteiger partial charge in [0.15, 0.2) is 0 Å². The summed E-state index contributed by atoms with van der Waals surface area (Å²) in [6.07, 6.45) is 0.610. The van der Waals surface area contributed by atoms with Gasteiger partial charge in [-0.15, -0.1) is 16.4 Å². The molecule has 0 saturated carbocycles. The first-order valence-corrected chi connectivity index (χ1v) is 6.39. The Bertz CT molecular complexity index is 456. The van der Waals surface area contributed by atoms with Crippen molar-refractivity contribution in [1.82, 2.24) is 10.2 Å². The summed E-state index contributed by atoms with van der Waals surface area (Å²) >= 11 is 5.08. The zero-order chi connectivity index (χ0) is 11.4. The minimum absolute atomic E-state index is 0.438. The molecule has 0 bridgehead atoms. The molecule has 3 N–H and O–H groups in total. The number of rotatable bonds is 5. The van der Waals surface area contributed by atoms with Crippen LogP contribution in [0.3, 0.4) is 0 Å². The average Bonchev–Trinajstić information content (AvgIpc) is 2.85. The van der Waals surface area contributed by atoms with Crippen LogP contribution in [0, 0.1) is 0 Å². The Morgan fingerprint density at radius 2 is 2.31 bits per heavy atom. The van der Waals surface area contributed by atoms with Crippen LogP contribution in [0.4, 0.5) is 6.01 Å². The number of thiophene rings is 1. The summed E-state index contributed by atoms with van der Waals surface area (Å²) in [4.78, 5) is 1.20. The molecule has 2 heterocycles. The molecule has 0 radical (unpaired) electrons. The lowest BCUT2D eigenvalue weighted by atomic mass is 10.4. The van der Waals surface area contributed by atoms with Crippen LogP contribution in [-0.4, -0.2) is 16.7 Å². The van der Waals surface area contributed by atoms with Gasteiger partial charge in [-0.25, -0.2) is 0 Å². The van der Waals surface area contributed by atoms with Crippen LogP contribution < -0.4 is 11.1 Å². The van der Waals surface area contributed by atoms with Crippen molar-refractivity contribution >= 4 is 33.3 Å². The highest BCUT2D eigenvalue weighted by Crippen LogP contribution is 2.22. The zero-order valence-electron chi connectivity index (χ0n) is 8.44. The van der Waals surface area contributed by atoms with Gasteiger partial charge in [-0.3, -0.25) is 0 Å². The SMILES string of the molecule is NCCc1nnc(NCc2ccc(Br)s2)o1. The number of nitrogens with one attached hydrogen (secondary N) is 1. The van der Waals surface area contributed by atoms with E-state index in [2.05, 4.69) is 31.4 Å². The van der Waals surface area contributed by atoms with E-state index in [9.17, 15) is 0 Å². The highest BCUT2D eigenvalue weighted by Gasteiger charge is 2.05. The van der Waals surface area contributed by atoms with Crippen molar-refractivity contribution in [2.45, 2.75) is 13.0 Å². The summed E-state index contributed by atoms with van der Waals surface area (Å²) in [5.41, 5.74) is 5.39.